The van der Waals surface area contributed by atoms with Crippen LogP contribution in [0, 0.1) is 5.41 Å². The molecule has 5 N–H and O–H groups in total. The van der Waals surface area contributed by atoms with E-state index in [1.165, 1.54) is 26.2 Å². The summed E-state index contributed by atoms with van der Waals surface area (Å²) in [7, 11) is 4.48. The summed E-state index contributed by atoms with van der Waals surface area (Å²) in [6.45, 7) is 7.25. The summed E-state index contributed by atoms with van der Waals surface area (Å²) in [6, 6.07) is 6.55. The second-order valence-corrected chi connectivity index (χ2v) is 15.6. The number of halogens is 1. The minimum atomic E-state index is -1.15. The normalized spacial score (nSPS) is 20.1. The van der Waals surface area contributed by atoms with Gasteiger partial charge in [0.25, 0.3) is 5.91 Å². The molecule has 16 heteroatoms. The lowest BCUT2D eigenvalue weighted by Crippen LogP contribution is -2.60. The predicted molar refractivity (Wildman–Crippen MR) is 204 cm³/mol. The number of nitrogens with zero attached hydrogens (tertiary/aromatic N) is 1. The van der Waals surface area contributed by atoms with Crippen LogP contribution in [-0.4, -0.2) is 92.1 Å². The molecule has 298 valence electrons. The molecule has 2 aliphatic heterocycles. The third kappa shape index (κ3) is 9.81. The lowest BCUT2D eigenvalue weighted by atomic mass is 9.85. The molecule has 0 bridgehead atoms. The highest BCUT2D eigenvalue weighted by molar-refractivity contribution is 6.38. The maximum absolute atomic E-state index is 14.7. The molecule has 2 heterocycles. The van der Waals surface area contributed by atoms with E-state index in [0.717, 1.165) is 18.4 Å². The van der Waals surface area contributed by atoms with Crippen molar-refractivity contribution in [1.29, 1.82) is 0 Å². The predicted octanol–water partition coefficient (Wildman–Crippen LogP) is 3.63. The fraction of sp³-hybridized carbons (Fsp3) is 0.513. The molecular formula is C39H51ClN6O9. The van der Waals surface area contributed by atoms with Crippen molar-refractivity contribution in [2.24, 2.45) is 5.41 Å². The van der Waals surface area contributed by atoms with Crippen molar-refractivity contribution < 1.29 is 43.0 Å². The average Bonchev–Trinajstić information content (AvgIpc) is 3.75. The lowest BCUT2D eigenvalue weighted by molar-refractivity contribution is -0.144. The monoisotopic (exact) mass is 782 g/mol. The number of Topliss-reactive ketones (excluding diaryl/α,β-unsaturated/α-hetero) is 1. The Morgan fingerprint density at radius 2 is 1.71 bits per heavy atom. The molecule has 0 unspecified atom stereocenters. The van der Waals surface area contributed by atoms with Crippen LogP contribution in [0.15, 0.2) is 42.5 Å². The molecule has 15 nitrogen and oxygen atoms in total. The molecule has 1 spiro atoms. The Hall–Kier alpha value is -5.02. The van der Waals surface area contributed by atoms with Crippen molar-refractivity contribution in [3.63, 3.8) is 0 Å². The molecule has 2 aromatic rings. The Morgan fingerprint density at radius 3 is 2.29 bits per heavy atom. The first-order valence-electron chi connectivity index (χ1n) is 18.3. The molecule has 2 aromatic carbocycles. The van der Waals surface area contributed by atoms with E-state index in [1.54, 1.807) is 51.1 Å². The van der Waals surface area contributed by atoms with Gasteiger partial charge in [-0.25, -0.2) is 4.79 Å². The van der Waals surface area contributed by atoms with Gasteiger partial charge >= 0.3 is 6.03 Å². The zero-order valence-electron chi connectivity index (χ0n) is 32.3. The number of hydrogen-bond acceptors (Lipinski definition) is 10. The summed E-state index contributed by atoms with van der Waals surface area (Å²) in [5.41, 5.74) is 2.95. The van der Waals surface area contributed by atoms with E-state index in [0.29, 0.717) is 40.0 Å². The fourth-order valence-corrected chi connectivity index (χ4v) is 6.90. The van der Waals surface area contributed by atoms with Crippen molar-refractivity contribution in [3.05, 3.63) is 58.6 Å². The van der Waals surface area contributed by atoms with Crippen LogP contribution in [0.2, 0.25) is 5.02 Å². The molecule has 5 amide bonds. The molecular weight excluding hydrogens is 732 g/mol. The van der Waals surface area contributed by atoms with E-state index < -0.39 is 58.7 Å². The number of ether oxygens (including phenoxy) is 3. The quantitative estimate of drug-likeness (QED) is 0.167. The number of benzene rings is 2. The van der Waals surface area contributed by atoms with E-state index in [9.17, 15) is 24.0 Å². The molecule has 0 radical (unpaired) electrons. The minimum Gasteiger partial charge on any atom is -0.493 e. The second-order valence-electron chi connectivity index (χ2n) is 15.1. The molecule has 5 rings (SSSR count). The molecule has 1 saturated carbocycles. The van der Waals surface area contributed by atoms with E-state index in [4.69, 9.17) is 30.6 Å². The molecule has 2 fully saturated rings. The first-order chi connectivity index (χ1) is 26.1. The maximum Gasteiger partial charge on any atom is 0.315 e. The SMILES string of the molecule is CCC[C@H](NC(=O)[C@@H]1C[C@]2(C=C(c3cccc(Cl)c3)NO2)CN1C(=O)[C@@H](NC(=O)NCc1cc(OC)c(OC)c(OC)c1)C(C)(C)C)C(=O)C(=O)NC1CC1. The molecule has 1 saturated heterocycles. The Balaban J connectivity index is 1.40. The van der Waals surface area contributed by atoms with Gasteiger partial charge in [-0.1, -0.05) is 57.8 Å². The average molecular weight is 783 g/mol. The number of carbonyl (C=O) groups excluding carboxylic acids is 5. The Labute approximate surface area is 326 Å². The third-order valence-corrected chi connectivity index (χ3v) is 9.99. The summed E-state index contributed by atoms with van der Waals surface area (Å²) in [5, 5.41) is 11.6. The number of carbonyl (C=O) groups is 5. The zero-order chi connectivity index (χ0) is 40.1. The highest BCUT2D eigenvalue weighted by atomic mass is 35.5. The number of nitrogens with one attached hydrogen (secondary N) is 5. The van der Waals surface area contributed by atoms with Gasteiger partial charge in [0.2, 0.25) is 23.3 Å². The van der Waals surface area contributed by atoms with Gasteiger partial charge in [-0.2, -0.15) is 0 Å². The van der Waals surface area contributed by atoms with Gasteiger partial charge in [-0.3, -0.25) is 29.5 Å². The van der Waals surface area contributed by atoms with E-state index in [2.05, 4.69) is 26.7 Å². The van der Waals surface area contributed by atoms with Gasteiger partial charge in [-0.05, 0) is 60.6 Å². The smallest absolute Gasteiger partial charge is 0.315 e. The number of hydrogen-bond donors (Lipinski definition) is 5. The summed E-state index contributed by atoms with van der Waals surface area (Å²) in [6.07, 6.45) is 4.18. The number of ketones is 1. The summed E-state index contributed by atoms with van der Waals surface area (Å²) in [5.74, 6) is -1.42. The topological polar surface area (TPSA) is 186 Å². The van der Waals surface area contributed by atoms with Crippen LogP contribution in [-0.2, 0) is 30.6 Å². The summed E-state index contributed by atoms with van der Waals surface area (Å²) < 4.78 is 16.3. The van der Waals surface area contributed by atoms with Gasteiger partial charge in [-0.15, -0.1) is 0 Å². The number of rotatable bonds is 15. The van der Waals surface area contributed by atoms with Gasteiger partial charge < -0.3 is 40.4 Å². The van der Waals surface area contributed by atoms with E-state index >= 15 is 0 Å². The highest BCUT2D eigenvalue weighted by Crippen LogP contribution is 2.40. The standard InChI is InChI=1S/C39H51ClN6O9/c1-8-10-26(31(47)35(49)42-25-13-14-25)43-34(48)28-19-39(18-27(45-55-39)23-11-9-12-24(40)17-23)21-46(28)36(50)33(38(2,3)4)44-37(51)41-20-22-15-29(52-5)32(54-7)30(16-22)53-6/h9,11-12,15-18,25-26,28,33,45H,8,10,13-14,19-21H2,1-7H3,(H,42,49)(H,43,48)(H2,41,44,51)/t26-,28-,33+,39+/m0/s1. The number of hydroxylamine groups is 1. The number of likely N-dealkylation sites (tertiary alicyclic amines) is 1. The van der Waals surface area contributed by atoms with Gasteiger partial charge in [0, 0.05) is 29.6 Å². The Morgan fingerprint density at radius 1 is 1.02 bits per heavy atom. The molecule has 3 aliphatic rings. The van der Waals surface area contributed by atoms with Crippen molar-refractivity contribution in [2.45, 2.75) is 96.1 Å². The van der Waals surface area contributed by atoms with Crippen LogP contribution >= 0.6 is 11.6 Å². The highest BCUT2D eigenvalue weighted by Gasteiger charge is 2.54. The lowest BCUT2D eigenvalue weighted by Gasteiger charge is -2.35. The van der Waals surface area contributed by atoms with Crippen LogP contribution in [0.3, 0.4) is 0 Å². The number of methoxy groups -OCH3 is 3. The number of amides is 5. The molecule has 0 aromatic heterocycles. The summed E-state index contributed by atoms with van der Waals surface area (Å²) >= 11 is 6.26. The van der Waals surface area contributed by atoms with Crippen LogP contribution in [0.5, 0.6) is 17.2 Å². The van der Waals surface area contributed by atoms with Gasteiger partial charge in [0.15, 0.2) is 11.5 Å². The molecule has 55 heavy (non-hydrogen) atoms. The van der Waals surface area contributed by atoms with Gasteiger partial charge in [0.05, 0.1) is 39.6 Å². The molecule has 1 aliphatic carbocycles. The van der Waals surface area contributed by atoms with Crippen LogP contribution in [0.25, 0.3) is 5.70 Å². The van der Waals surface area contributed by atoms with Crippen molar-refractivity contribution in [3.8, 4) is 17.2 Å². The van der Waals surface area contributed by atoms with Crippen LogP contribution < -0.4 is 41.0 Å². The number of urea groups is 1. The van der Waals surface area contributed by atoms with Crippen molar-refractivity contribution >= 4 is 46.8 Å². The third-order valence-electron chi connectivity index (χ3n) is 9.76. The molecule has 4 atom stereocenters. The van der Waals surface area contributed by atoms with E-state index in [1.807, 2.05) is 19.1 Å². The van der Waals surface area contributed by atoms with Crippen molar-refractivity contribution in [1.82, 2.24) is 31.6 Å². The first-order valence-corrected chi connectivity index (χ1v) is 18.7. The van der Waals surface area contributed by atoms with E-state index in [-0.39, 0.29) is 32.0 Å². The van der Waals surface area contributed by atoms with Crippen LogP contribution in [0.4, 0.5) is 4.79 Å². The maximum atomic E-state index is 14.7. The van der Waals surface area contributed by atoms with Crippen LogP contribution in [0.1, 0.15) is 70.9 Å². The minimum absolute atomic E-state index is 0.0210. The largest absolute Gasteiger partial charge is 0.493 e. The Bertz CT molecular complexity index is 1800. The zero-order valence-corrected chi connectivity index (χ0v) is 33.1. The first kappa shape index (κ1) is 41.1. The van der Waals surface area contributed by atoms with Crippen molar-refractivity contribution in [2.75, 3.05) is 27.9 Å². The Kier molecular flexibility index (Phi) is 12.9. The van der Waals surface area contributed by atoms with Gasteiger partial charge in [0.1, 0.15) is 17.7 Å². The fourth-order valence-electron chi connectivity index (χ4n) is 6.71. The summed E-state index contributed by atoms with van der Waals surface area (Å²) in [4.78, 5) is 75.8. The second kappa shape index (κ2) is 17.2.